The summed E-state index contributed by atoms with van der Waals surface area (Å²) in [5.41, 5.74) is 21.5. The van der Waals surface area contributed by atoms with Gasteiger partial charge in [0.1, 0.15) is 11.6 Å². The van der Waals surface area contributed by atoms with Crippen LogP contribution in [-0.4, -0.2) is 41.9 Å². The van der Waals surface area contributed by atoms with Crippen molar-refractivity contribution in [3.05, 3.63) is 51.5 Å². The topological polar surface area (TPSA) is 158 Å². The summed E-state index contributed by atoms with van der Waals surface area (Å²) in [6.45, 7) is 3.56. The summed E-state index contributed by atoms with van der Waals surface area (Å²) in [7, 11) is 0. The Morgan fingerprint density at radius 3 is 2.71 bits per heavy atom. The number of carbonyl (C=O) groups excluding carboxylic acids is 2. The molecule has 1 amide bonds. The molecule has 3 aliphatic rings. The van der Waals surface area contributed by atoms with Crippen LogP contribution in [0.2, 0.25) is 0 Å². The van der Waals surface area contributed by atoms with E-state index in [4.69, 9.17) is 21.9 Å². The molecular formula is C28H34N6O3S. The summed E-state index contributed by atoms with van der Waals surface area (Å²) in [5.74, 6) is -0.0827. The molecule has 1 saturated carbocycles. The van der Waals surface area contributed by atoms with Crippen molar-refractivity contribution in [2.75, 3.05) is 18.8 Å². The zero-order chi connectivity index (χ0) is 26.6. The number of nitrogens with zero attached hydrogens (tertiary/aromatic N) is 1. The molecule has 1 saturated heterocycles. The molecule has 10 heteroatoms. The lowest BCUT2D eigenvalue weighted by atomic mass is 9.70. The number of pyridine rings is 1. The highest BCUT2D eigenvalue weighted by molar-refractivity contribution is 7.21. The first-order valence-electron chi connectivity index (χ1n) is 13.4. The molecule has 38 heavy (non-hydrogen) atoms. The number of piperidine rings is 1. The molecule has 1 aromatic carbocycles. The maximum absolute atomic E-state index is 14.0. The summed E-state index contributed by atoms with van der Waals surface area (Å²) in [6.07, 6.45) is 8.06. The van der Waals surface area contributed by atoms with E-state index in [1.165, 1.54) is 11.3 Å². The number of nitrogens with one attached hydrogen (secondary N) is 2. The molecule has 2 fully saturated rings. The number of ether oxygens (including phenoxy) is 1. The third-order valence-corrected chi connectivity index (χ3v) is 9.51. The van der Waals surface area contributed by atoms with Crippen LogP contribution in [0.4, 0.5) is 5.69 Å². The number of aromatic nitrogens is 1. The summed E-state index contributed by atoms with van der Waals surface area (Å²) in [4.78, 5) is 32.4. The quantitative estimate of drug-likeness (QED) is 0.313. The third kappa shape index (κ3) is 3.98. The Morgan fingerprint density at radius 2 is 2.00 bits per heavy atom. The molecule has 2 aliphatic carbocycles. The zero-order valence-corrected chi connectivity index (χ0v) is 22.3. The first-order chi connectivity index (χ1) is 18.3. The number of nitrogen functional groups attached to an aromatic ring is 1. The van der Waals surface area contributed by atoms with E-state index in [2.05, 4.69) is 15.6 Å². The average molecular weight is 535 g/mol. The highest BCUT2D eigenvalue weighted by Crippen LogP contribution is 2.50. The largest absolute Gasteiger partial charge is 0.474 e. The van der Waals surface area contributed by atoms with E-state index in [0.29, 0.717) is 49.8 Å². The molecule has 9 nitrogen and oxygen atoms in total. The van der Waals surface area contributed by atoms with Crippen molar-refractivity contribution in [1.82, 2.24) is 15.6 Å². The van der Waals surface area contributed by atoms with E-state index in [0.717, 1.165) is 50.6 Å². The number of benzene rings is 1. The smallest absolute Gasteiger partial charge is 0.262 e. The molecule has 8 N–H and O–H groups in total. The Labute approximate surface area is 225 Å². The highest BCUT2D eigenvalue weighted by Gasteiger charge is 2.49. The van der Waals surface area contributed by atoms with Gasteiger partial charge in [-0.25, -0.2) is 4.98 Å². The van der Waals surface area contributed by atoms with Crippen molar-refractivity contribution in [3.8, 4) is 5.88 Å². The number of nitrogens with two attached hydrogens (primary N) is 3. The lowest BCUT2D eigenvalue weighted by Crippen LogP contribution is -2.53. The van der Waals surface area contributed by atoms with Crippen LogP contribution in [-0.2, 0) is 10.3 Å². The second-order valence-electron chi connectivity index (χ2n) is 10.8. The molecule has 2 aromatic heterocycles. The van der Waals surface area contributed by atoms with Crippen molar-refractivity contribution in [2.45, 2.75) is 69.2 Å². The number of rotatable bonds is 5. The van der Waals surface area contributed by atoms with Gasteiger partial charge in [-0.15, -0.1) is 11.3 Å². The van der Waals surface area contributed by atoms with Gasteiger partial charge in [-0.2, -0.15) is 0 Å². The van der Waals surface area contributed by atoms with Gasteiger partial charge in [-0.1, -0.05) is 6.07 Å². The molecule has 0 bridgehead atoms. The van der Waals surface area contributed by atoms with Crippen LogP contribution in [0, 0.1) is 6.92 Å². The van der Waals surface area contributed by atoms with Gasteiger partial charge in [-0.05, 0) is 69.2 Å². The Bertz CT molecular complexity index is 1430. The zero-order valence-electron chi connectivity index (χ0n) is 21.5. The number of aryl methyl sites for hydroxylation is 1. The molecule has 3 heterocycles. The summed E-state index contributed by atoms with van der Waals surface area (Å²) >= 11 is 1.27. The monoisotopic (exact) mass is 534 g/mol. The minimum absolute atomic E-state index is 0.0216. The van der Waals surface area contributed by atoms with Gasteiger partial charge in [0.25, 0.3) is 5.91 Å². The second-order valence-corrected chi connectivity index (χ2v) is 11.8. The van der Waals surface area contributed by atoms with Crippen LogP contribution >= 0.6 is 11.3 Å². The fraction of sp³-hybridized carbons (Fsp3) is 0.464. The van der Waals surface area contributed by atoms with E-state index in [9.17, 15) is 9.59 Å². The highest BCUT2D eigenvalue weighted by atomic mass is 32.1. The Hall–Kier alpha value is -3.05. The van der Waals surface area contributed by atoms with Gasteiger partial charge < -0.3 is 32.6 Å². The normalized spacial score (nSPS) is 25.6. The molecule has 3 unspecified atom stereocenters. The van der Waals surface area contributed by atoms with Crippen LogP contribution in [0.3, 0.4) is 0 Å². The van der Waals surface area contributed by atoms with Crippen molar-refractivity contribution in [2.24, 2.45) is 11.5 Å². The van der Waals surface area contributed by atoms with E-state index in [1.54, 1.807) is 18.3 Å². The molecule has 6 rings (SSSR count). The molecule has 1 aliphatic heterocycles. The van der Waals surface area contributed by atoms with Gasteiger partial charge in [0.15, 0.2) is 5.78 Å². The second kappa shape index (κ2) is 9.60. The number of ketones is 1. The summed E-state index contributed by atoms with van der Waals surface area (Å²) < 4.78 is 6.79. The Morgan fingerprint density at radius 1 is 1.21 bits per heavy atom. The van der Waals surface area contributed by atoms with E-state index < -0.39 is 11.6 Å². The summed E-state index contributed by atoms with van der Waals surface area (Å²) in [5, 5.41) is 7.12. The molecule has 200 valence electrons. The average Bonchev–Trinajstić information content (AvgIpc) is 3.56. The third-order valence-electron chi connectivity index (χ3n) is 8.25. The van der Waals surface area contributed by atoms with Crippen LogP contribution < -0.4 is 32.6 Å². The number of thiophene rings is 1. The maximum atomic E-state index is 14.0. The number of amides is 1. The lowest BCUT2D eigenvalue weighted by Gasteiger charge is -2.37. The molecule has 0 spiro atoms. The Kier molecular flexibility index (Phi) is 6.38. The van der Waals surface area contributed by atoms with Gasteiger partial charge in [0.2, 0.25) is 5.88 Å². The number of Topliss-reactive ketones (excluding diaryl/α,β-unsaturated/α-hetero) is 1. The fourth-order valence-electron chi connectivity index (χ4n) is 6.24. The predicted octanol–water partition coefficient (Wildman–Crippen LogP) is 2.77. The van der Waals surface area contributed by atoms with Crippen LogP contribution in [0.25, 0.3) is 10.1 Å². The number of anilines is 1. The van der Waals surface area contributed by atoms with Crippen molar-refractivity contribution >= 4 is 38.8 Å². The number of hydrogen-bond acceptors (Lipinski definition) is 9. The van der Waals surface area contributed by atoms with Gasteiger partial charge >= 0.3 is 0 Å². The molecule has 3 aromatic rings. The first-order valence-corrected chi connectivity index (χ1v) is 14.2. The van der Waals surface area contributed by atoms with Crippen LogP contribution in [0.5, 0.6) is 5.88 Å². The van der Waals surface area contributed by atoms with Gasteiger partial charge in [0, 0.05) is 47.1 Å². The molecular weight excluding hydrogens is 500 g/mol. The van der Waals surface area contributed by atoms with Gasteiger partial charge in [0.05, 0.1) is 15.6 Å². The van der Waals surface area contributed by atoms with E-state index in [1.807, 2.05) is 13.0 Å². The molecule has 3 atom stereocenters. The SMILES string of the molecule is Cc1cc(OC2CCCC2)ncc1C1(N)C(=O)C(N)c2c(C(=O)NC3CCCNC3)sc3c(N)ccc1c23. The lowest BCUT2D eigenvalue weighted by molar-refractivity contribution is -0.124. The Balaban J connectivity index is 1.44. The number of carbonyl (C=O) groups is 2. The number of hydrogen-bond donors (Lipinski definition) is 5. The maximum Gasteiger partial charge on any atom is 0.262 e. The fourth-order valence-corrected chi connectivity index (χ4v) is 7.44. The van der Waals surface area contributed by atoms with Crippen molar-refractivity contribution < 1.29 is 14.3 Å². The van der Waals surface area contributed by atoms with Crippen LogP contribution in [0.15, 0.2) is 24.4 Å². The standard InChI is InChI=1S/C28H34N6O3S/c1-14-11-20(37-16-6-2-3-7-16)33-13-18(14)28(31)17-8-9-19(29)24-21(17)22(23(30)26(28)35)25(38-24)27(36)34-15-5-4-10-32-12-15/h8-9,11,13,15-16,23,32H,2-7,10,12,29-31H2,1H3,(H,34,36). The predicted molar refractivity (Wildman–Crippen MR) is 148 cm³/mol. The van der Waals surface area contributed by atoms with Crippen molar-refractivity contribution in [3.63, 3.8) is 0 Å². The van der Waals surface area contributed by atoms with Crippen molar-refractivity contribution in [1.29, 1.82) is 0 Å². The minimum atomic E-state index is -1.54. The first kappa shape index (κ1) is 25.2. The van der Waals surface area contributed by atoms with E-state index >= 15 is 0 Å². The van der Waals surface area contributed by atoms with Crippen LogP contribution in [0.1, 0.15) is 76.5 Å². The minimum Gasteiger partial charge on any atom is -0.474 e. The summed E-state index contributed by atoms with van der Waals surface area (Å²) in [6, 6.07) is 4.31. The van der Waals surface area contributed by atoms with Gasteiger partial charge in [-0.3, -0.25) is 9.59 Å². The molecule has 0 radical (unpaired) electrons. The van der Waals surface area contributed by atoms with E-state index in [-0.39, 0.29) is 23.8 Å².